The molecule has 0 unspecified atom stereocenters. The maximum Gasteiger partial charge on any atom is 0.337 e. The van der Waals surface area contributed by atoms with Crippen molar-refractivity contribution in [3.8, 4) is 11.5 Å². The minimum atomic E-state index is -1.10. The molecule has 0 aliphatic carbocycles. The number of esters is 1. The number of rotatable bonds is 9. The van der Waals surface area contributed by atoms with Crippen molar-refractivity contribution in [3.05, 3.63) is 130 Å². The predicted molar refractivity (Wildman–Crippen MR) is 156 cm³/mol. The Hall–Kier alpha value is -5.11. The summed E-state index contributed by atoms with van der Waals surface area (Å²) in [6.45, 7) is 0.272. The van der Waals surface area contributed by atoms with Gasteiger partial charge in [-0.25, -0.2) is 9.59 Å². The number of carboxylic acid groups (broad SMARTS) is 1. The molecule has 1 aliphatic heterocycles. The lowest BCUT2D eigenvalue weighted by molar-refractivity contribution is -0.151. The second-order valence-electron chi connectivity index (χ2n) is 9.99. The predicted octanol–water partition coefficient (Wildman–Crippen LogP) is 5.23. The van der Waals surface area contributed by atoms with E-state index in [2.05, 4.69) is 0 Å². The molecule has 1 atom stereocenters. The maximum atomic E-state index is 14.2. The second kappa shape index (κ2) is 12.6. The summed E-state index contributed by atoms with van der Waals surface area (Å²) in [4.78, 5) is 40.1. The highest BCUT2D eigenvalue weighted by molar-refractivity contribution is 5.91. The van der Waals surface area contributed by atoms with Gasteiger partial charge in [0.2, 0.25) is 5.91 Å². The molecule has 1 N–H and O–H groups in total. The fraction of sp³-hybridized carbons (Fsp3) is 0.206. The molecule has 4 aromatic carbocycles. The summed E-state index contributed by atoms with van der Waals surface area (Å²) >= 11 is 0. The Morgan fingerprint density at radius 1 is 0.857 bits per heavy atom. The number of hydrogen-bond donors (Lipinski definition) is 1. The van der Waals surface area contributed by atoms with E-state index in [1.165, 1.54) is 19.1 Å². The van der Waals surface area contributed by atoms with Crippen LogP contribution in [0.4, 0.5) is 0 Å². The van der Waals surface area contributed by atoms with Crippen LogP contribution in [-0.2, 0) is 33.9 Å². The van der Waals surface area contributed by atoms with Crippen molar-refractivity contribution in [2.75, 3.05) is 14.2 Å². The molecule has 4 aromatic rings. The highest BCUT2D eigenvalue weighted by Crippen LogP contribution is 2.40. The molecular weight excluding hydrogens is 534 g/mol. The van der Waals surface area contributed by atoms with Crippen LogP contribution in [0.2, 0.25) is 0 Å². The van der Waals surface area contributed by atoms with Gasteiger partial charge in [0.05, 0.1) is 25.7 Å². The van der Waals surface area contributed by atoms with Gasteiger partial charge in [0.25, 0.3) is 0 Å². The van der Waals surface area contributed by atoms with Crippen molar-refractivity contribution in [1.82, 2.24) is 4.90 Å². The van der Waals surface area contributed by atoms with Gasteiger partial charge >= 0.3 is 11.9 Å². The molecule has 0 bridgehead atoms. The third-order valence-corrected chi connectivity index (χ3v) is 7.49. The van der Waals surface area contributed by atoms with Crippen molar-refractivity contribution < 1.29 is 33.7 Å². The smallest absolute Gasteiger partial charge is 0.337 e. The number of fused-ring (bicyclic) bond motifs is 1. The van der Waals surface area contributed by atoms with Crippen LogP contribution in [0.15, 0.2) is 97.1 Å². The van der Waals surface area contributed by atoms with Crippen LogP contribution in [0.25, 0.3) is 0 Å². The number of hydrogen-bond acceptors (Lipinski definition) is 6. The summed E-state index contributed by atoms with van der Waals surface area (Å²) in [5, 5.41) is 10.3. The lowest BCUT2D eigenvalue weighted by atomic mass is 9.87. The van der Waals surface area contributed by atoms with Gasteiger partial charge in [-0.3, -0.25) is 4.79 Å². The van der Waals surface area contributed by atoms with E-state index in [-0.39, 0.29) is 25.5 Å². The molecule has 0 spiro atoms. The Balaban J connectivity index is 1.47. The first-order chi connectivity index (χ1) is 20.4. The Kier molecular flexibility index (Phi) is 8.52. The molecule has 1 aliphatic rings. The molecule has 0 saturated heterocycles. The van der Waals surface area contributed by atoms with Gasteiger partial charge < -0.3 is 24.2 Å². The number of carbonyl (C=O) groups excluding carboxylic acids is 2. The summed E-state index contributed by atoms with van der Waals surface area (Å²) in [5.74, 6) is -1.56. The van der Waals surface area contributed by atoms with Gasteiger partial charge in [0, 0.05) is 18.5 Å². The van der Waals surface area contributed by atoms with Gasteiger partial charge in [-0.05, 0) is 40.5 Å². The van der Waals surface area contributed by atoms with Crippen LogP contribution in [0.3, 0.4) is 0 Å². The number of amides is 1. The molecular formula is C34H31NO7. The summed E-state index contributed by atoms with van der Waals surface area (Å²) in [5.41, 5.74) is 4.29. The molecule has 0 saturated carbocycles. The Morgan fingerprint density at radius 2 is 1.48 bits per heavy atom. The van der Waals surface area contributed by atoms with Gasteiger partial charge in [0.15, 0.2) is 11.5 Å². The molecule has 8 nitrogen and oxygen atoms in total. The van der Waals surface area contributed by atoms with Gasteiger partial charge in [-0.2, -0.15) is 0 Å². The molecule has 0 aromatic heterocycles. The highest BCUT2D eigenvalue weighted by Gasteiger charge is 2.40. The quantitative estimate of drug-likeness (QED) is 0.277. The highest BCUT2D eigenvalue weighted by atomic mass is 16.5. The van der Waals surface area contributed by atoms with Crippen molar-refractivity contribution in [1.29, 1.82) is 0 Å². The monoisotopic (exact) mass is 565 g/mol. The summed E-state index contributed by atoms with van der Waals surface area (Å²) in [6.07, 6.45) is 0.0561. The van der Waals surface area contributed by atoms with Gasteiger partial charge in [0.1, 0.15) is 12.6 Å². The van der Waals surface area contributed by atoms with Crippen molar-refractivity contribution >= 4 is 17.8 Å². The van der Waals surface area contributed by atoms with E-state index in [1.54, 1.807) is 30.3 Å². The molecule has 0 radical (unpaired) electrons. The largest absolute Gasteiger partial charge is 0.493 e. The normalized spacial score (nSPS) is 14.2. The van der Waals surface area contributed by atoms with E-state index in [0.717, 1.165) is 22.3 Å². The third-order valence-electron chi connectivity index (χ3n) is 7.49. The Bertz CT molecular complexity index is 1530. The fourth-order valence-corrected chi connectivity index (χ4v) is 5.33. The standard InChI is InChI=1S/C34H31NO7/c1-40-29-18-17-26-20-35(32(36)30(23-9-5-3-6-10-23)24-11-7-4-8-12-24)28(33(37)38)19-27(26)31(29)42-21-22-13-15-25(16-14-22)34(39)41-2/h3-18,28,30H,19-21H2,1-2H3,(H,37,38)/t28-/m0/s1. The number of aliphatic carboxylic acids is 1. The van der Waals surface area contributed by atoms with E-state index in [4.69, 9.17) is 14.2 Å². The molecule has 8 heteroatoms. The topological polar surface area (TPSA) is 102 Å². The van der Waals surface area contributed by atoms with Crippen molar-refractivity contribution in [3.63, 3.8) is 0 Å². The zero-order valence-corrected chi connectivity index (χ0v) is 23.4. The average molecular weight is 566 g/mol. The van der Waals surface area contributed by atoms with Gasteiger partial charge in [-0.1, -0.05) is 78.9 Å². The Labute approximate surface area is 244 Å². The maximum absolute atomic E-state index is 14.2. The number of benzene rings is 4. The first-order valence-electron chi connectivity index (χ1n) is 13.5. The minimum Gasteiger partial charge on any atom is -0.493 e. The van der Waals surface area contributed by atoms with E-state index in [1.807, 2.05) is 66.7 Å². The molecule has 1 amide bonds. The first-order valence-corrected chi connectivity index (χ1v) is 13.5. The van der Waals surface area contributed by atoms with Crippen LogP contribution in [0.1, 0.15) is 44.1 Å². The van der Waals surface area contributed by atoms with E-state index in [0.29, 0.717) is 22.6 Å². The van der Waals surface area contributed by atoms with Crippen LogP contribution < -0.4 is 9.47 Å². The van der Waals surface area contributed by atoms with Crippen LogP contribution in [0.5, 0.6) is 11.5 Å². The third kappa shape index (κ3) is 5.83. The van der Waals surface area contributed by atoms with Crippen LogP contribution in [0, 0.1) is 0 Å². The second-order valence-corrected chi connectivity index (χ2v) is 9.99. The number of ether oxygens (including phenoxy) is 3. The Morgan fingerprint density at radius 3 is 2.02 bits per heavy atom. The number of carbonyl (C=O) groups is 3. The van der Waals surface area contributed by atoms with Crippen molar-refractivity contribution in [2.45, 2.75) is 31.5 Å². The summed E-state index contributed by atoms with van der Waals surface area (Å²) < 4.78 is 16.5. The van der Waals surface area contributed by atoms with Gasteiger partial charge in [-0.15, -0.1) is 0 Å². The van der Waals surface area contributed by atoms with E-state index in [9.17, 15) is 19.5 Å². The molecule has 214 valence electrons. The average Bonchev–Trinajstić information content (AvgIpc) is 3.03. The molecule has 5 rings (SSSR count). The van der Waals surface area contributed by atoms with E-state index >= 15 is 0 Å². The van der Waals surface area contributed by atoms with E-state index < -0.39 is 23.9 Å². The summed E-state index contributed by atoms with van der Waals surface area (Å²) in [6, 6.07) is 28.2. The first kappa shape index (κ1) is 28.4. The number of nitrogens with zero attached hydrogens (tertiary/aromatic N) is 1. The van der Waals surface area contributed by atoms with Crippen LogP contribution in [-0.4, -0.2) is 48.1 Å². The molecule has 1 heterocycles. The molecule has 0 fully saturated rings. The lowest BCUT2D eigenvalue weighted by Gasteiger charge is -2.37. The number of methoxy groups -OCH3 is 2. The minimum absolute atomic E-state index is 0.0561. The number of carboxylic acids is 1. The fourth-order valence-electron chi connectivity index (χ4n) is 5.33. The molecule has 42 heavy (non-hydrogen) atoms. The zero-order valence-electron chi connectivity index (χ0n) is 23.4. The zero-order chi connectivity index (χ0) is 29.6. The van der Waals surface area contributed by atoms with Crippen LogP contribution >= 0.6 is 0 Å². The van der Waals surface area contributed by atoms with Crippen molar-refractivity contribution in [2.24, 2.45) is 0 Å². The SMILES string of the molecule is COC(=O)c1ccc(COc2c(OC)ccc3c2C[C@@H](C(=O)O)N(C(=O)C(c2ccccc2)c2ccccc2)C3)cc1. The summed E-state index contributed by atoms with van der Waals surface area (Å²) in [7, 11) is 2.85. The lowest BCUT2D eigenvalue weighted by Crippen LogP contribution is -2.50.